The fraction of sp³-hybridized carbons (Fsp3) is 0.304. The lowest BCUT2D eigenvalue weighted by molar-refractivity contribution is 0.0980. The average Bonchev–Trinajstić information content (AvgIpc) is 2.78. The maximum atomic E-state index is 13.2. The number of hydrogen-bond donors (Lipinski definition) is 0. The van der Waals surface area contributed by atoms with E-state index in [1.165, 1.54) is 4.31 Å². The largest absolute Gasteiger partial charge is 0.307 e. The predicted molar refractivity (Wildman–Crippen MR) is 118 cm³/mol. The number of anilines is 1. The number of para-hydroxylation sites is 1. The molecule has 4 rings (SSSR count). The number of carbonyl (C=O) groups is 1. The van der Waals surface area contributed by atoms with Crippen LogP contribution in [0, 0.1) is 0 Å². The fourth-order valence-electron chi connectivity index (χ4n) is 3.98. The molecule has 0 saturated carbocycles. The summed E-state index contributed by atoms with van der Waals surface area (Å²) in [6.45, 7) is 5.09. The Bertz CT molecular complexity index is 1200. The van der Waals surface area contributed by atoms with Crippen LogP contribution in [0.4, 0.5) is 5.69 Å². The standard InChI is InChI=1S/C23H25N3O3S/c1-3-25(4-2)30(28,29)19-12-14-22-18(16-19)9-7-15-26(22)23(27)21-13-11-17-8-5-6-10-20(17)24-21/h5-6,8,10-14,16H,3-4,7,9,15H2,1-2H3. The molecule has 2 aromatic carbocycles. The number of aromatic nitrogens is 1. The highest BCUT2D eigenvalue weighted by atomic mass is 32.2. The number of pyridine rings is 1. The number of carbonyl (C=O) groups excluding carboxylic acids is 1. The lowest BCUT2D eigenvalue weighted by atomic mass is 10.0. The summed E-state index contributed by atoms with van der Waals surface area (Å²) in [4.78, 5) is 19.8. The summed E-state index contributed by atoms with van der Waals surface area (Å²) >= 11 is 0. The van der Waals surface area contributed by atoms with Gasteiger partial charge in [-0.1, -0.05) is 38.1 Å². The maximum absolute atomic E-state index is 13.2. The highest BCUT2D eigenvalue weighted by Crippen LogP contribution is 2.31. The van der Waals surface area contributed by atoms with Gasteiger partial charge in [-0.05, 0) is 48.7 Å². The zero-order chi connectivity index (χ0) is 21.3. The predicted octanol–water partition coefficient (Wildman–Crippen LogP) is 3.86. The van der Waals surface area contributed by atoms with Crippen LogP contribution in [0.2, 0.25) is 0 Å². The number of benzene rings is 2. The molecular weight excluding hydrogens is 398 g/mol. The molecule has 3 aromatic rings. The molecule has 30 heavy (non-hydrogen) atoms. The van der Waals surface area contributed by atoms with Crippen molar-refractivity contribution in [2.75, 3.05) is 24.5 Å². The molecule has 0 atom stereocenters. The molecule has 0 unspecified atom stereocenters. The van der Waals surface area contributed by atoms with Gasteiger partial charge in [0.05, 0.1) is 10.4 Å². The smallest absolute Gasteiger partial charge is 0.276 e. The highest BCUT2D eigenvalue weighted by Gasteiger charge is 2.28. The van der Waals surface area contributed by atoms with Crippen molar-refractivity contribution >= 4 is 32.5 Å². The second-order valence-electron chi connectivity index (χ2n) is 7.33. The summed E-state index contributed by atoms with van der Waals surface area (Å²) < 4.78 is 27.2. The van der Waals surface area contributed by atoms with Crippen molar-refractivity contribution in [1.29, 1.82) is 0 Å². The van der Waals surface area contributed by atoms with Crippen LogP contribution in [0.15, 0.2) is 59.5 Å². The molecule has 0 saturated heterocycles. The number of rotatable bonds is 5. The van der Waals surface area contributed by atoms with Crippen LogP contribution >= 0.6 is 0 Å². The van der Waals surface area contributed by atoms with Gasteiger partial charge < -0.3 is 4.90 Å². The van der Waals surface area contributed by atoms with Crippen LogP contribution in [0.1, 0.15) is 36.3 Å². The lowest BCUT2D eigenvalue weighted by Crippen LogP contribution is -2.36. The SMILES string of the molecule is CCN(CC)S(=O)(=O)c1ccc2c(c1)CCCN2C(=O)c1ccc2ccccc2n1. The topological polar surface area (TPSA) is 70.6 Å². The van der Waals surface area contributed by atoms with Crippen LogP contribution in [-0.2, 0) is 16.4 Å². The summed E-state index contributed by atoms with van der Waals surface area (Å²) in [5.41, 5.74) is 2.81. The Morgan fingerprint density at radius 2 is 1.83 bits per heavy atom. The third-order valence-corrected chi connectivity index (χ3v) is 7.62. The quantitative estimate of drug-likeness (QED) is 0.625. The summed E-state index contributed by atoms with van der Waals surface area (Å²) in [6.07, 6.45) is 1.52. The van der Waals surface area contributed by atoms with Crippen LogP contribution in [0.5, 0.6) is 0 Å². The van der Waals surface area contributed by atoms with E-state index in [0.717, 1.165) is 35.0 Å². The molecule has 1 amide bonds. The molecule has 1 aliphatic heterocycles. The minimum Gasteiger partial charge on any atom is -0.307 e. The van der Waals surface area contributed by atoms with Gasteiger partial charge in [0.25, 0.3) is 5.91 Å². The first-order chi connectivity index (χ1) is 14.5. The van der Waals surface area contributed by atoms with Gasteiger partial charge in [-0.15, -0.1) is 0 Å². The van der Waals surface area contributed by atoms with Gasteiger partial charge in [-0.3, -0.25) is 4.79 Å². The van der Waals surface area contributed by atoms with Crippen molar-refractivity contribution in [3.05, 3.63) is 65.9 Å². The number of sulfonamides is 1. The van der Waals surface area contributed by atoms with Gasteiger partial charge in [0.15, 0.2) is 0 Å². The van der Waals surface area contributed by atoms with Crippen molar-refractivity contribution in [3.8, 4) is 0 Å². The normalized spacial score (nSPS) is 14.2. The number of hydrogen-bond acceptors (Lipinski definition) is 4. The number of nitrogens with zero attached hydrogens (tertiary/aromatic N) is 3. The Kier molecular flexibility index (Phi) is 5.58. The highest BCUT2D eigenvalue weighted by molar-refractivity contribution is 7.89. The number of aryl methyl sites for hydroxylation is 1. The lowest BCUT2D eigenvalue weighted by Gasteiger charge is -2.30. The van der Waals surface area contributed by atoms with Crippen molar-refractivity contribution in [1.82, 2.24) is 9.29 Å². The Morgan fingerprint density at radius 3 is 2.60 bits per heavy atom. The van der Waals surface area contributed by atoms with Crippen molar-refractivity contribution in [2.45, 2.75) is 31.6 Å². The van der Waals surface area contributed by atoms with E-state index in [1.807, 2.05) is 44.2 Å². The van der Waals surface area contributed by atoms with E-state index in [-0.39, 0.29) is 10.8 Å². The third-order valence-electron chi connectivity index (χ3n) is 5.58. The van der Waals surface area contributed by atoms with Gasteiger partial charge in [-0.2, -0.15) is 4.31 Å². The minimum absolute atomic E-state index is 0.166. The van der Waals surface area contributed by atoms with Gasteiger partial charge in [0.1, 0.15) is 5.69 Å². The van der Waals surface area contributed by atoms with E-state index >= 15 is 0 Å². The zero-order valence-corrected chi connectivity index (χ0v) is 18.0. The van der Waals surface area contributed by atoms with E-state index < -0.39 is 10.0 Å². The van der Waals surface area contributed by atoms with Crippen molar-refractivity contribution in [3.63, 3.8) is 0 Å². The second-order valence-corrected chi connectivity index (χ2v) is 9.27. The molecule has 7 heteroatoms. The molecule has 6 nitrogen and oxygen atoms in total. The molecular formula is C23H25N3O3S. The zero-order valence-electron chi connectivity index (χ0n) is 17.2. The molecule has 0 bridgehead atoms. The van der Waals surface area contributed by atoms with Gasteiger partial charge in [0.2, 0.25) is 10.0 Å². The van der Waals surface area contributed by atoms with Crippen LogP contribution in [-0.4, -0.2) is 43.2 Å². The molecule has 0 aliphatic carbocycles. The Morgan fingerprint density at radius 1 is 1.07 bits per heavy atom. The van der Waals surface area contributed by atoms with Crippen LogP contribution < -0.4 is 4.90 Å². The van der Waals surface area contributed by atoms with Crippen molar-refractivity contribution < 1.29 is 13.2 Å². The molecule has 0 radical (unpaired) electrons. The summed E-state index contributed by atoms with van der Waals surface area (Å²) in [6, 6.07) is 16.4. The first-order valence-corrected chi connectivity index (χ1v) is 11.7. The Hall–Kier alpha value is -2.77. The molecule has 0 N–H and O–H groups in total. The van der Waals surface area contributed by atoms with Gasteiger partial charge >= 0.3 is 0 Å². The van der Waals surface area contributed by atoms with Crippen LogP contribution in [0.25, 0.3) is 10.9 Å². The summed E-state index contributed by atoms with van der Waals surface area (Å²) in [7, 11) is -3.53. The monoisotopic (exact) mass is 423 g/mol. The van der Waals surface area contributed by atoms with E-state index in [0.29, 0.717) is 25.3 Å². The molecule has 1 aromatic heterocycles. The fourth-order valence-corrected chi connectivity index (χ4v) is 5.49. The van der Waals surface area contributed by atoms with E-state index in [4.69, 9.17) is 0 Å². The van der Waals surface area contributed by atoms with Gasteiger partial charge in [0, 0.05) is 30.7 Å². The van der Waals surface area contributed by atoms with Gasteiger partial charge in [-0.25, -0.2) is 13.4 Å². The van der Waals surface area contributed by atoms with Crippen molar-refractivity contribution in [2.24, 2.45) is 0 Å². The molecule has 0 spiro atoms. The van der Waals surface area contributed by atoms with E-state index in [1.54, 1.807) is 29.2 Å². The number of amides is 1. The summed E-state index contributed by atoms with van der Waals surface area (Å²) in [5.74, 6) is -0.166. The van der Waals surface area contributed by atoms with E-state index in [9.17, 15) is 13.2 Å². The molecule has 1 aliphatic rings. The molecule has 0 fully saturated rings. The minimum atomic E-state index is -3.53. The first kappa shape index (κ1) is 20.5. The average molecular weight is 424 g/mol. The first-order valence-electron chi connectivity index (χ1n) is 10.3. The molecule has 2 heterocycles. The van der Waals surface area contributed by atoms with E-state index in [2.05, 4.69) is 4.98 Å². The number of fused-ring (bicyclic) bond motifs is 2. The molecule has 156 valence electrons. The Balaban J connectivity index is 1.69. The Labute approximate surface area is 177 Å². The third kappa shape index (κ3) is 3.59. The maximum Gasteiger partial charge on any atom is 0.276 e. The second kappa shape index (κ2) is 8.16. The summed E-state index contributed by atoms with van der Waals surface area (Å²) in [5, 5.41) is 0.986. The van der Waals surface area contributed by atoms with Crippen LogP contribution in [0.3, 0.4) is 0 Å².